The molecule has 0 atom stereocenters. The van der Waals surface area contributed by atoms with Crippen LogP contribution in [0.1, 0.15) is 0 Å². The normalized spacial score (nSPS) is 10.8. The minimum Gasteiger partial charge on any atom is -1.00 e. The fourth-order valence-electron chi connectivity index (χ4n) is 7.08. The summed E-state index contributed by atoms with van der Waals surface area (Å²) in [5.74, 6) is 0. The van der Waals surface area contributed by atoms with E-state index in [9.17, 15) is 13.7 Å². The molecular weight excluding hydrogens is 928 g/mol. The van der Waals surface area contributed by atoms with Gasteiger partial charge in [0, 0.05) is 67.2 Å². The van der Waals surface area contributed by atoms with Crippen LogP contribution in [-0.2, 0) is 33.2 Å². The topological polar surface area (TPSA) is 51.2 Å². The standard InChI is InChI=1S/3C18H15OP.ClH.Rh/c3*19-20(16-10-4-1-5-11-16,17-12-6-2-7-13-17)18-14-8-3-9-15-18;;/h3*1-15H;1H;/p-1. The van der Waals surface area contributed by atoms with Crippen molar-refractivity contribution in [3.8, 4) is 0 Å². The summed E-state index contributed by atoms with van der Waals surface area (Å²) in [5.41, 5.74) is 0. The van der Waals surface area contributed by atoms with Crippen LogP contribution in [0.25, 0.3) is 0 Å². The van der Waals surface area contributed by atoms with Gasteiger partial charge >= 0.3 is 0 Å². The Balaban J connectivity index is 0.000000173. The van der Waals surface area contributed by atoms with Gasteiger partial charge in [-0.3, -0.25) is 0 Å². The number of halogens is 1. The van der Waals surface area contributed by atoms with Crippen molar-refractivity contribution >= 4 is 69.2 Å². The van der Waals surface area contributed by atoms with Gasteiger partial charge in [-0.25, -0.2) is 0 Å². The van der Waals surface area contributed by atoms with Gasteiger partial charge in [-0.2, -0.15) is 0 Å². The van der Waals surface area contributed by atoms with Crippen LogP contribution in [0.5, 0.6) is 0 Å². The molecule has 0 heterocycles. The molecule has 8 heteroatoms. The second-order valence-electron chi connectivity index (χ2n) is 13.8. The Morgan fingerprint density at radius 1 is 0.177 bits per heavy atom. The molecule has 0 aliphatic heterocycles. The molecule has 9 rings (SSSR count). The largest absolute Gasteiger partial charge is 1.00 e. The van der Waals surface area contributed by atoms with Gasteiger partial charge in [0.1, 0.15) is 0 Å². The van der Waals surface area contributed by atoms with Crippen molar-refractivity contribution in [1.29, 1.82) is 0 Å². The van der Waals surface area contributed by atoms with Crippen molar-refractivity contribution in [2.45, 2.75) is 0 Å². The van der Waals surface area contributed by atoms with Crippen molar-refractivity contribution in [3.63, 3.8) is 0 Å². The van der Waals surface area contributed by atoms with E-state index >= 15 is 0 Å². The third-order valence-electron chi connectivity index (χ3n) is 10.1. The van der Waals surface area contributed by atoms with Crippen molar-refractivity contribution in [2.75, 3.05) is 0 Å². The predicted molar refractivity (Wildman–Crippen MR) is 258 cm³/mol. The molecule has 0 aliphatic rings. The van der Waals surface area contributed by atoms with Crippen molar-refractivity contribution in [1.82, 2.24) is 0 Å². The summed E-state index contributed by atoms with van der Waals surface area (Å²) >= 11 is 0. The van der Waals surface area contributed by atoms with Gasteiger partial charge in [0.05, 0.1) is 0 Å². The molecule has 0 saturated carbocycles. The van der Waals surface area contributed by atoms with Crippen molar-refractivity contribution in [3.05, 3.63) is 273 Å². The number of benzene rings is 9. The van der Waals surface area contributed by atoms with Crippen LogP contribution >= 0.6 is 21.4 Å². The van der Waals surface area contributed by atoms with E-state index in [2.05, 4.69) is 0 Å². The molecular formula is C54H45ClO3P3Rh-. The summed E-state index contributed by atoms with van der Waals surface area (Å²) in [6.07, 6.45) is 0. The van der Waals surface area contributed by atoms with Crippen LogP contribution in [0.15, 0.2) is 273 Å². The van der Waals surface area contributed by atoms with Gasteiger partial charge in [0.15, 0.2) is 21.4 Å². The molecule has 0 bridgehead atoms. The Bertz CT molecular complexity index is 2180. The van der Waals surface area contributed by atoms with E-state index in [0.717, 1.165) is 47.7 Å². The molecule has 0 fully saturated rings. The fourth-order valence-corrected chi connectivity index (χ4v) is 15.1. The molecule has 9 aromatic rings. The zero-order valence-corrected chi connectivity index (χ0v) is 38.8. The molecule has 0 aliphatic carbocycles. The second kappa shape index (κ2) is 23.1. The first kappa shape index (κ1) is 47.6. The molecule has 0 amide bonds. The maximum atomic E-state index is 13.8. The van der Waals surface area contributed by atoms with Gasteiger partial charge in [-0.15, -0.1) is 0 Å². The quantitative estimate of drug-likeness (QED) is 0.116. The Morgan fingerprint density at radius 2 is 0.258 bits per heavy atom. The van der Waals surface area contributed by atoms with E-state index < -0.39 is 21.4 Å². The molecule has 1 radical (unpaired) electrons. The maximum absolute atomic E-state index is 13.8. The van der Waals surface area contributed by atoms with E-state index in [-0.39, 0.29) is 31.9 Å². The van der Waals surface area contributed by atoms with Gasteiger partial charge in [-0.05, 0) is 0 Å². The van der Waals surface area contributed by atoms with E-state index in [1.165, 1.54) is 0 Å². The van der Waals surface area contributed by atoms with Gasteiger partial charge in [-0.1, -0.05) is 273 Å². The van der Waals surface area contributed by atoms with E-state index in [0.29, 0.717) is 0 Å². The summed E-state index contributed by atoms with van der Waals surface area (Å²) in [6.45, 7) is 0. The van der Waals surface area contributed by atoms with Gasteiger partial charge < -0.3 is 26.1 Å². The third kappa shape index (κ3) is 10.8. The monoisotopic (exact) mass is 972 g/mol. The van der Waals surface area contributed by atoms with E-state index in [1.807, 2.05) is 273 Å². The fraction of sp³-hybridized carbons (Fsp3) is 0. The Kier molecular flexibility index (Phi) is 17.8. The molecule has 0 unspecified atom stereocenters. The summed E-state index contributed by atoms with van der Waals surface area (Å²) in [6, 6.07) is 87.4. The number of hydrogen-bond donors (Lipinski definition) is 0. The number of hydrogen-bond acceptors (Lipinski definition) is 3. The molecule has 0 aromatic heterocycles. The average Bonchev–Trinajstić information content (AvgIpc) is 3.36. The molecule has 0 spiro atoms. The molecule has 311 valence electrons. The van der Waals surface area contributed by atoms with Gasteiger partial charge in [0.25, 0.3) is 0 Å². The summed E-state index contributed by atoms with van der Waals surface area (Å²) in [7, 11) is -8.33. The van der Waals surface area contributed by atoms with Crippen LogP contribution < -0.4 is 60.1 Å². The molecule has 62 heavy (non-hydrogen) atoms. The van der Waals surface area contributed by atoms with Crippen molar-refractivity contribution in [2.24, 2.45) is 0 Å². The second-order valence-corrected chi connectivity index (χ2v) is 22.2. The van der Waals surface area contributed by atoms with Crippen LogP contribution in [0.2, 0.25) is 0 Å². The first-order valence-electron chi connectivity index (χ1n) is 19.8. The average molecular weight is 973 g/mol. The number of rotatable bonds is 9. The zero-order valence-electron chi connectivity index (χ0n) is 33.8. The smallest absolute Gasteiger partial charge is 0.171 e. The molecule has 9 aromatic carbocycles. The summed E-state index contributed by atoms with van der Waals surface area (Å²) in [5, 5.41) is 7.85. The van der Waals surface area contributed by atoms with E-state index in [1.54, 1.807) is 0 Å². The zero-order chi connectivity index (χ0) is 41.5. The Labute approximate surface area is 385 Å². The first-order valence-corrected chi connectivity index (χ1v) is 24.9. The first-order chi connectivity index (χ1) is 29.4. The van der Waals surface area contributed by atoms with Crippen LogP contribution in [0.4, 0.5) is 0 Å². The predicted octanol–water partition coefficient (Wildman–Crippen LogP) is 6.98. The van der Waals surface area contributed by atoms with E-state index in [4.69, 9.17) is 0 Å². The third-order valence-corrected chi connectivity index (χ3v) is 19.3. The van der Waals surface area contributed by atoms with Gasteiger partial charge in [0.2, 0.25) is 0 Å². The van der Waals surface area contributed by atoms with Crippen LogP contribution in [0.3, 0.4) is 0 Å². The maximum Gasteiger partial charge on any atom is 0.171 e. The Hall–Kier alpha value is -5.42. The van der Waals surface area contributed by atoms with Crippen molar-refractivity contribution < 1.29 is 45.6 Å². The Morgan fingerprint density at radius 3 is 0.339 bits per heavy atom. The van der Waals surface area contributed by atoms with Crippen LogP contribution in [0, 0.1) is 0 Å². The van der Waals surface area contributed by atoms with Crippen LogP contribution in [-0.4, -0.2) is 0 Å². The molecule has 3 nitrogen and oxygen atoms in total. The summed E-state index contributed by atoms with van der Waals surface area (Å²) < 4.78 is 41.5. The summed E-state index contributed by atoms with van der Waals surface area (Å²) in [4.78, 5) is 0. The SMILES string of the molecule is O=P(c1ccccc1)(c1ccccc1)c1ccccc1.O=P(c1ccccc1)(c1ccccc1)c1ccccc1.O=P(c1ccccc1)(c1ccccc1)c1ccccc1.[Cl-].[Rh]. The molecule has 0 saturated heterocycles. The minimum absolute atomic E-state index is 0. The molecule has 0 N–H and O–H groups in total. The minimum atomic E-state index is -2.78.